The Balaban J connectivity index is 1.44. The fraction of sp³-hybridized carbons (Fsp3) is 0.0909. The molecule has 28 heavy (non-hydrogen) atoms. The van der Waals surface area contributed by atoms with Crippen LogP contribution in [0.15, 0.2) is 67.0 Å². The standard InChI is InChI=1S/C22H17F2N3O/c23-18-5-2-6-19(21(18)24)27-20(28)8-7-14-3-1-4-15(11-14)17-12-16-9-10-25-22(16)26-13-17/h1-6,9-13H,7-8H2,(H,25,26)(H,27,28). The van der Waals surface area contributed by atoms with E-state index in [4.69, 9.17) is 0 Å². The average molecular weight is 377 g/mol. The summed E-state index contributed by atoms with van der Waals surface area (Å²) in [7, 11) is 0. The Morgan fingerprint density at radius 3 is 2.79 bits per heavy atom. The van der Waals surface area contributed by atoms with Gasteiger partial charge in [0.25, 0.3) is 0 Å². The number of carbonyl (C=O) groups is 1. The third-order valence-electron chi connectivity index (χ3n) is 4.53. The monoisotopic (exact) mass is 377 g/mol. The molecule has 140 valence electrons. The van der Waals surface area contributed by atoms with Gasteiger partial charge < -0.3 is 10.3 Å². The highest BCUT2D eigenvalue weighted by Gasteiger charge is 2.11. The first-order valence-corrected chi connectivity index (χ1v) is 8.86. The molecule has 2 heterocycles. The number of pyridine rings is 1. The number of nitrogens with zero attached hydrogens (tertiary/aromatic N) is 1. The molecule has 0 aliphatic carbocycles. The molecule has 0 saturated carbocycles. The zero-order valence-electron chi connectivity index (χ0n) is 14.9. The first-order valence-electron chi connectivity index (χ1n) is 8.86. The van der Waals surface area contributed by atoms with Gasteiger partial charge in [-0.05, 0) is 41.8 Å². The van der Waals surface area contributed by atoms with E-state index in [0.29, 0.717) is 6.42 Å². The number of hydrogen-bond acceptors (Lipinski definition) is 2. The second-order valence-corrected chi connectivity index (χ2v) is 6.49. The van der Waals surface area contributed by atoms with Crippen molar-refractivity contribution >= 4 is 22.6 Å². The molecule has 0 radical (unpaired) electrons. The molecule has 0 spiro atoms. The lowest BCUT2D eigenvalue weighted by Gasteiger charge is -2.08. The first-order chi connectivity index (χ1) is 13.6. The number of fused-ring (bicyclic) bond motifs is 1. The number of aromatic amines is 1. The Bertz CT molecular complexity index is 1150. The molecule has 0 aliphatic heterocycles. The zero-order chi connectivity index (χ0) is 19.5. The van der Waals surface area contributed by atoms with Crippen molar-refractivity contribution < 1.29 is 13.6 Å². The van der Waals surface area contributed by atoms with Crippen LogP contribution in [0.5, 0.6) is 0 Å². The highest BCUT2D eigenvalue weighted by molar-refractivity contribution is 5.91. The predicted molar refractivity (Wildman–Crippen MR) is 105 cm³/mol. The number of aryl methyl sites for hydroxylation is 1. The van der Waals surface area contributed by atoms with E-state index < -0.39 is 11.6 Å². The van der Waals surface area contributed by atoms with Gasteiger partial charge in [-0.15, -0.1) is 0 Å². The molecule has 4 aromatic rings. The van der Waals surface area contributed by atoms with Crippen molar-refractivity contribution in [3.05, 3.63) is 84.2 Å². The van der Waals surface area contributed by atoms with Crippen LogP contribution in [0, 0.1) is 11.6 Å². The van der Waals surface area contributed by atoms with Crippen molar-refractivity contribution in [1.29, 1.82) is 0 Å². The molecule has 4 nitrogen and oxygen atoms in total. The summed E-state index contributed by atoms with van der Waals surface area (Å²) in [5.41, 5.74) is 3.65. The Kier molecular flexibility index (Phi) is 4.85. The number of nitrogens with one attached hydrogen (secondary N) is 2. The van der Waals surface area contributed by atoms with Crippen molar-refractivity contribution in [2.24, 2.45) is 0 Å². The van der Waals surface area contributed by atoms with Crippen LogP contribution < -0.4 is 5.32 Å². The fourth-order valence-corrected chi connectivity index (χ4v) is 3.07. The van der Waals surface area contributed by atoms with Gasteiger partial charge in [-0.1, -0.05) is 30.3 Å². The molecule has 2 N–H and O–H groups in total. The highest BCUT2D eigenvalue weighted by Crippen LogP contribution is 2.24. The molecule has 0 fully saturated rings. The summed E-state index contributed by atoms with van der Waals surface area (Å²) in [6, 6.07) is 15.6. The van der Waals surface area contributed by atoms with Crippen LogP contribution in [0.2, 0.25) is 0 Å². The molecular weight excluding hydrogens is 360 g/mol. The minimum atomic E-state index is -1.05. The van der Waals surface area contributed by atoms with Crippen LogP contribution in [0.25, 0.3) is 22.2 Å². The minimum absolute atomic E-state index is 0.148. The number of aromatic nitrogens is 2. The number of hydrogen-bond donors (Lipinski definition) is 2. The lowest BCUT2D eigenvalue weighted by atomic mass is 10.0. The lowest BCUT2D eigenvalue weighted by molar-refractivity contribution is -0.116. The maximum atomic E-state index is 13.7. The lowest BCUT2D eigenvalue weighted by Crippen LogP contribution is -2.13. The number of rotatable bonds is 5. The zero-order valence-corrected chi connectivity index (χ0v) is 14.9. The maximum Gasteiger partial charge on any atom is 0.224 e. The molecule has 2 aromatic carbocycles. The third kappa shape index (κ3) is 3.76. The third-order valence-corrected chi connectivity index (χ3v) is 4.53. The molecule has 6 heteroatoms. The van der Waals surface area contributed by atoms with Crippen LogP contribution in [0.3, 0.4) is 0 Å². The van der Waals surface area contributed by atoms with E-state index in [1.165, 1.54) is 12.1 Å². The largest absolute Gasteiger partial charge is 0.346 e. The summed E-state index contributed by atoms with van der Waals surface area (Å²) >= 11 is 0. The summed E-state index contributed by atoms with van der Waals surface area (Å²) in [6.45, 7) is 0. The van der Waals surface area contributed by atoms with E-state index in [1.54, 1.807) is 6.20 Å². The number of carbonyl (C=O) groups excluding carboxylic acids is 1. The number of H-pyrrole nitrogens is 1. The van der Waals surface area contributed by atoms with E-state index in [1.807, 2.05) is 36.5 Å². The van der Waals surface area contributed by atoms with Crippen LogP contribution >= 0.6 is 0 Å². The van der Waals surface area contributed by atoms with Gasteiger partial charge in [-0.2, -0.15) is 0 Å². The van der Waals surface area contributed by atoms with Crippen molar-refractivity contribution in [1.82, 2.24) is 9.97 Å². The first kappa shape index (κ1) is 17.9. The smallest absolute Gasteiger partial charge is 0.224 e. The Labute approximate surface area is 160 Å². The number of amides is 1. The van der Waals surface area contributed by atoms with Crippen molar-refractivity contribution in [3.8, 4) is 11.1 Å². The van der Waals surface area contributed by atoms with Crippen molar-refractivity contribution in [2.75, 3.05) is 5.32 Å². The van der Waals surface area contributed by atoms with Gasteiger partial charge in [0.1, 0.15) is 5.65 Å². The van der Waals surface area contributed by atoms with Crippen LogP contribution in [0.4, 0.5) is 14.5 Å². The van der Waals surface area contributed by atoms with Crippen molar-refractivity contribution in [3.63, 3.8) is 0 Å². The quantitative estimate of drug-likeness (QED) is 0.510. The molecular formula is C22H17F2N3O. The van der Waals surface area contributed by atoms with E-state index >= 15 is 0 Å². The summed E-state index contributed by atoms with van der Waals surface area (Å²) in [4.78, 5) is 19.6. The Morgan fingerprint density at radius 1 is 1.04 bits per heavy atom. The summed E-state index contributed by atoms with van der Waals surface area (Å²) < 4.78 is 26.9. The number of anilines is 1. The second kappa shape index (κ2) is 7.60. The van der Waals surface area contributed by atoms with Crippen LogP contribution in [0.1, 0.15) is 12.0 Å². The predicted octanol–water partition coefficient (Wildman–Crippen LogP) is 5.08. The molecule has 0 atom stereocenters. The van der Waals surface area contributed by atoms with Gasteiger partial charge in [0, 0.05) is 29.8 Å². The average Bonchev–Trinajstić information content (AvgIpc) is 3.18. The fourth-order valence-electron chi connectivity index (χ4n) is 3.07. The summed E-state index contributed by atoms with van der Waals surface area (Å²) in [5, 5.41) is 3.44. The molecule has 0 saturated heterocycles. The molecule has 1 amide bonds. The van der Waals surface area contributed by atoms with E-state index in [-0.39, 0.29) is 18.0 Å². The Hall–Kier alpha value is -3.54. The van der Waals surface area contributed by atoms with Gasteiger partial charge in [-0.3, -0.25) is 4.79 Å². The van der Waals surface area contributed by atoms with E-state index in [9.17, 15) is 13.6 Å². The normalized spacial score (nSPS) is 10.9. The minimum Gasteiger partial charge on any atom is -0.346 e. The van der Waals surface area contributed by atoms with Crippen LogP contribution in [-0.2, 0) is 11.2 Å². The topological polar surface area (TPSA) is 57.8 Å². The SMILES string of the molecule is O=C(CCc1cccc(-c2cnc3[nH]ccc3c2)c1)Nc1cccc(F)c1F. The van der Waals surface area contributed by atoms with Crippen LogP contribution in [-0.4, -0.2) is 15.9 Å². The second-order valence-electron chi connectivity index (χ2n) is 6.49. The van der Waals surface area contributed by atoms with Gasteiger partial charge in [0.05, 0.1) is 5.69 Å². The van der Waals surface area contributed by atoms with E-state index in [0.717, 1.165) is 33.8 Å². The molecule has 4 rings (SSSR count). The Morgan fingerprint density at radius 2 is 1.89 bits per heavy atom. The van der Waals surface area contributed by atoms with Crippen molar-refractivity contribution in [2.45, 2.75) is 12.8 Å². The number of benzene rings is 2. The maximum absolute atomic E-state index is 13.7. The molecule has 0 aliphatic rings. The van der Waals surface area contributed by atoms with Gasteiger partial charge in [0.2, 0.25) is 5.91 Å². The molecule has 0 bridgehead atoms. The molecule has 2 aromatic heterocycles. The van der Waals surface area contributed by atoms with Gasteiger partial charge >= 0.3 is 0 Å². The molecule has 0 unspecified atom stereocenters. The van der Waals surface area contributed by atoms with Gasteiger partial charge in [0.15, 0.2) is 11.6 Å². The van der Waals surface area contributed by atoms with Gasteiger partial charge in [-0.25, -0.2) is 13.8 Å². The summed E-state index contributed by atoms with van der Waals surface area (Å²) in [5.74, 6) is -2.41. The summed E-state index contributed by atoms with van der Waals surface area (Å²) in [6.07, 6.45) is 4.29. The highest BCUT2D eigenvalue weighted by atomic mass is 19.2. The number of halogens is 2. The van der Waals surface area contributed by atoms with E-state index in [2.05, 4.69) is 21.4 Å².